The van der Waals surface area contributed by atoms with Crippen LogP contribution in [0.3, 0.4) is 0 Å². The van der Waals surface area contributed by atoms with Crippen LogP contribution in [-0.4, -0.2) is 18.6 Å². The average molecular weight is 142 g/mol. The van der Waals surface area contributed by atoms with Crippen LogP contribution in [0.25, 0.3) is 0 Å². The normalized spacial score (nSPS) is 11.2. The van der Waals surface area contributed by atoms with Crippen molar-refractivity contribution in [2.24, 2.45) is 5.18 Å². The summed E-state index contributed by atoms with van der Waals surface area (Å²) >= 11 is 0. The zero-order chi connectivity index (χ0) is 7.98. The summed E-state index contributed by atoms with van der Waals surface area (Å²) in [6, 6.07) is -0.131. The van der Waals surface area contributed by atoms with Crippen LogP contribution in [0.2, 0.25) is 0 Å². The molecule has 0 spiro atoms. The van der Waals surface area contributed by atoms with Crippen LogP contribution in [0.1, 0.15) is 6.92 Å². The maximum Gasteiger partial charge on any atom is 0.349 e. The third kappa shape index (κ3) is 2.22. The number of hydrogen-bond acceptors (Lipinski definition) is 5. The molecule has 0 aromatic carbocycles. The van der Waals surface area contributed by atoms with Gasteiger partial charge in [-0.2, -0.15) is 5.26 Å². The van der Waals surface area contributed by atoms with Gasteiger partial charge in [0.25, 0.3) is 6.04 Å². The Morgan fingerprint density at radius 1 is 1.90 bits per heavy atom. The molecule has 0 N–H and O–H groups in total. The maximum absolute atomic E-state index is 10.5. The van der Waals surface area contributed by atoms with Crippen LogP contribution in [0.15, 0.2) is 5.18 Å². The molecule has 0 unspecified atom stereocenters. The van der Waals surface area contributed by atoms with E-state index >= 15 is 0 Å². The number of ether oxygens (including phenoxy) is 1. The van der Waals surface area contributed by atoms with Crippen LogP contribution >= 0.6 is 0 Å². The predicted molar refractivity (Wildman–Crippen MR) is 31.8 cm³/mol. The van der Waals surface area contributed by atoms with Gasteiger partial charge in [0.1, 0.15) is 6.07 Å². The molecule has 0 fully saturated rings. The van der Waals surface area contributed by atoms with Crippen molar-refractivity contribution < 1.29 is 9.53 Å². The number of nitriles is 1. The fourth-order valence-corrected chi connectivity index (χ4v) is 0.341. The van der Waals surface area contributed by atoms with Crippen LogP contribution in [0.5, 0.6) is 0 Å². The van der Waals surface area contributed by atoms with E-state index in [9.17, 15) is 9.70 Å². The second-order valence-electron chi connectivity index (χ2n) is 1.39. The van der Waals surface area contributed by atoms with Gasteiger partial charge in [0.2, 0.25) is 0 Å². The molecule has 0 aliphatic heterocycles. The standard InChI is InChI=1S/C5H6N2O3/c1-2-10-5(8)4(3-6)7-9/h4H,2H2,1H3/t4-/m1/s1. The van der Waals surface area contributed by atoms with E-state index in [1.165, 1.54) is 6.07 Å². The number of hydrogen-bond donors (Lipinski definition) is 0. The van der Waals surface area contributed by atoms with Gasteiger partial charge in [0.05, 0.1) is 6.61 Å². The molecule has 0 radical (unpaired) electrons. The zero-order valence-corrected chi connectivity index (χ0v) is 5.40. The predicted octanol–water partition coefficient (Wildman–Crippen LogP) is 0.208. The Morgan fingerprint density at radius 3 is 2.80 bits per heavy atom. The minimum Gasteiger partial charge on any atom is -0.464 e. The highest BCUT2D eigenvalue weighted by molar-refractivity contribution is 5.78. The summed E-state index contributed by atoms with van der Waals surface area (Å²) in [6.45, 7) is 1.73. The Bertz CT molecular complexity index is 172. The summed E-state index contributed by atoms with van der Waals surface area (Å²) < 4.78 is 4.33. The van der Waals surface area contributed by atoms with E-state index in [-0.39, 0.29) is 6.61 Å². The van der Waals surface area contributed by atoms with E-state index in [1.807, 2.05) is 0 Å². The SMILES string of the molecule is CCOC(=O)[C@@H](C#N)N=O. The molecule has 0 amide bonds. The molecule has 10 heavy (non-hydrogen) atoms. The molecule has 5 nitrogen and oxygen atoms in total. The lowest BCUT2D eigenvalue weighted by Gasteiger charge is -1.98. The number of carbonyl (C=O) groups excluding carboxylic acids is 1. The van der Waals surface area contributed by atoms with Gasteiger partial charge < -0.3 is 4.74 Å². The number of esters is 1. The largest absolute Gasteiger partial charge is 0.464 e. The molecular formula is C5H6N2O3. The van der Waals surface area contributed by atoms with Crippen molar-refractivity contribution in [3.05, 3.63) is 4.91 Å². The summed E-state index contributed by atoms with van der Waals surface area (Å²) in [5.74, 6) is -0.889. The van der Waals surface area contributed by atoms with Gasteiger partial charge in [-0.3, -0.25) is 0 Å². The molecule has 0 heterocycles. The average Bonchev–Trinajstić information content (AvgIpc) is 1.91. The van der Waals surface area contributed by atoms with E-state index < -0.39 is 12.0 Å². The van der Waals surface area contributed by atoms with Crippen LogP contribution in [0, 0.1) is 16.2 Å². The first-order valence-electron chi connectivity index (χ1n) is 2.65. The van der Waals surface area contributed by atoms with Crippen molar-refractivity contribution in [1.29, 1.82) is 5.26 Å². The fraction of sp³-hybridized carbons (Fsp3) is 0.600. The molecule has 0 aromatic rings. The van der Waals surface area contributed by atoms with Gasteiger partial charge in [-0.1, -0.05) is 0 Å². The Balaban J connectivity index is 3.92. The highest BCUT2D eigenvalue weighted by Crippen LogP contribution is 1.91. The van der Waals surface area contributed by atoms with Crippen molar-refractivity contribution in [2.45, 2.75) is 13.0 Å². The molecule has 5 heteroatoms. The Labute approximate surface area is 57.6 Å². The van der Waals surface area contributed by atoms with Crippen molar-refractivity contribution in [2.75, 3.05) is 6.61 Å². The van der Waals surface area contributed by atoms with Gasteiger partial charge in [-0.15, -0.1) is 4.91 Å². The topological polar surface area (TPSA) is 79.5 Å². The molecule has 0 saturated heterocycles. The summed E-state index contributed by atoms with van der Waals surface area (Å²) in [5.41, 5.74) is 0. The third-order valence-electron chi connectivity index (χ3n) is 0.738. The zero-order valence-electron chi connectivity index (χ0n) is 5.40. The molecule has 0 aromatic heterocycles. The minimum absolute atomic E-state index is 0.145. The quantitative estimate of drug-likeness (QED) is 0.416. The highest BCUT2D eigenvalue weighted by Gasteiger charge is 2.18. The summed E-state index contributed by atoms with van der Waals surface area (Å²) in [5, 5.41) is 10.3. The first kappa shape index (κ1) is 8.56. The molecule has 1 atom stereocenters. The second kappa shape index (κ2) is 4.44. The van der Waals surface area contributed by atoms with E-state index in [0.29, 0.717) is 0 Å². The first-order valence-corrected chi connectivity index (χ1v) is 2.65. The molecule has 0 rings (SSSR count). The van der Waals surface area contributed by atoms with E-state index in [0.717, 1.165) is 0 Å². The Kier molecular flexibility index (Phi) is 3.80. The third-order valence-corrected chi connectivity index (χ3v) is 0.738. The summed E-state index contributed by atoms with van der Waals surface area (Å²) in [7, 11) is 0. The molecule has 0 bridgehead atoms. The number of rotatable bonds is 3. The monoisotopic (exact) mass is 142 g/mol. The van der Waals surface area contributed by atoms with Gasteiger partial charge in [0, 0.05) is 0 Å². The van der Waals surface area contributed by atoms with Crippen LogP contribution in [-0.2, 0) is 9.53 Å². The minimum atomic E-state index is -1.51. The number of nitrogens with zero attached hydrogens (tertiary/aromatic N) is 2. The molecule has 54 valence electrons. The van der Waals surface area contributed by atoms with E-state index in [2.05, 4.69) is 9.91 Å². The number of nitroso groups, excluding NO2 is 1. The maximum atomic E-state index is 10.5. The van der Waals surface area contributed by atoms with E-state index in [4.69, 9.17) is 5.26 Å². The van der Waals surface area contributed by atoms with Crippen LogP contribution < -0.4 is 0 Å². The van der Waals surface area contributed by atoms with Crippen molar-refractivity contribution in [1.82, 2.24) is 0 Å². The molecule has 0 saturated carbocycles. The summed E-state index contributed by atoms with van der Waals surface area (Å²) in [6.07, 6.45) is 0. The fourth-order valence-electron chi connectivity index (χ4n) is 0.341. The lowest BCUT2D eigenvalue weighted by molar-refractivity contribution is -0.143. The lowest BCUT2D eigenvalue weighted by atomic mass is 10.4. The molecule has 0 aliphatic rings. The van der Waals surface area contributed by atoms with Crippen molar-refractivity contribution >= 4 is 5.97 Å². The Hall–Kier alpha value is -1.44. The van der Waals surface area contributed by atoms with Crippen LogP contribution in [0.4, 0.5) is 0 Å². The molecular weight excluding hydrogens is 136 g/mol. The lowest BCUT2D eigenvalue weighted by Crippen LogP contribution is -2.18. The van der Waals surface area contributed by atoms with Crippen molar-refractivity contribution in [3.63, 3.8) is 0 Å². The van der Waals surface area contributed by atoms with E-state index in [1.54, 1.807) is 6.92 Å². The summed E-state index contributed by atoms with van der Waals surface area (Å²) in [4.78, 5) is 20.1. The number of carbonyl (C=O) groups is 1. The van der Waals surface area contributed by atoms with Crippen molar-refractivity contribution in [3.8, 4) is 6.07 Å². The highest BCUT2D eigenvalue weighted by atomic mass is 16.5. The molecule has 0 aliphatic carbocycles. The Morgan fingerprint density at radius 2 is 2.50 bits per heavy atom. The second-order valence-corrected chi connectivity index (χ2v) is 1.39. The first-order chi connectivity index (χ1) is 4.76. The van der Waals surface area contributed by atoms with Gasteiger partial charge in [0.15, 0.2) is 0 Å². The van der Waals surface area contributed by atoms with Gasteiger partial charge >= 0.3 is 5.97 Å². The van der Waals surface area contributed by atoms with Gasteiger partial charge in [-0.05, 0) is 12.1 Å². The smallest absolute Gasteiger partial charge is 0.349 e. The van der Waals surface area contributed by atoms with Gasteiger partial charge in [-0.25, -0.2) is 4.79 Å².